The van der Waals surface area contributed by atoms with E-state index >= 15 is 0 Å². The van der Waals surface area contributed by atoms with Crippen molar-refractivity contribution >= 4 is 23.8 Å². The van der Waals surface area contributed by atoms with E-state index in [9.17, 15) is 9.59 Å². The van der Waals surface area contributed by atoms with E-state index in [0.29, 0.717) is 5.69 Å². The summed E-state index contributed by atoms with van der Waals surface area (Å²) in [6, 6.07) is 16.4. The maximum Gasteiger partial charge on any atom is 0.411 e. The van der Waals surface area contributed by atoms with E-state index in [1.54, 1.807) is 30.3 Å². The molecule has 0 heterocycles. The molecule has 0 aliphatic carbocycles. The predicted molar refractivity (Wildman–Crippen MR) is 87.7 cm³/mol. The molecule has 0 saturated carbocycles. The van der Waals surface area contributed by atoms with Crippen molar-refractivity contribution in [1.29, 1.82) is 0 Å². The van der Waals surface area contributed by atoms with Gasteiger partial charge in [0.15, 0.2) is 0 Å². The van der Waals surface area contributed by atoms with Crippen molar-refractivity contribution in [2.45, 2.75) is 6.61 Å². The number of hydrogen-bond donors (Lipinski definition) is 1. The summed E-state index contributed by atoms with van der Waals surface area (Å²) < 4.78 is 9.64. The predicted octanol–water partition coefficient (Wildman–Crippen LogP) is 3.62. The van der Waals surface area contributed by atoms with Gasteiger partial charge in [-0.1, -0.05) is 42.5 Å². The van der Waals surface area contributed by atoms with E-state index in [0.717, 1.165) is 11.1 Å². The Balaban J connectivity index is 1.84. The molecule has 0 bridgehead atoms. The molecule has 1 N–H and O–H groups in total. The summed E-state index contributed by atoms with van der Waals surface area (Å²) in [4.78, 5) is 22.7. The highest BCUT2D eigenvalue weighted by Gasteiger charge is 2.03. The summed E-state index contributed by atoms with van der Waals surface area (Å²) in [5, 5.41) is 2.64. The number of ether oxygens (including phenoxy) is 2. The highest BCUT2D eigenvalue weighted by Crippen LogP contribution is 2.11. The number of hydrogen-bond acceptors (Lipinski definition) is 4. The molecular formula is C18H17NO4. The first-order valence-corrected chi connectivity index (χ1v) is 7.01. The number of anilines is 1. The lowest BCUT2D eigenvalue weighted by Gasteiger charge is -2.07. The van der Waals surface area contributed by atoms with Crippen LogP contribution in [-0.4, -0.2) is 19.2 Å². The normalized spacial score (nSPS) is 10.3. The molecule has 2 rings (SSSR count). The molecule has 0 spiro atoms. The van der Waals surface area contributed by atoms with Crippen LogP contribution >= 0.6 is 0 Å². The van der Waals surface area contributed by atoms with Crippen LogP contribution in [0.4, 0.5) is 10.5 Å². The van der Waals surface area contributed by atoms with E-state index in [4.69, 9.17) is 4.74 Å². The summed E-state index contributed by atoms with van der Waals surface area (Å²) in [5.41, 5.74) is 2.35. The number of esters is 1. The maximum atomic E-state index is 11.7. The van der Waals surface area contributed by atoms with Gasteiger partial charge < -0.3 is 9.47 Å². The van der Waals surface area contributed by atoms with Gasteiger partial charge in [-0.25, -0.2) is 9.59 Å². The number of rotatable bonds is 5. The lowest BCUT2D eigenvalue weighted by atomic mass is 10.2. The number of amides is 1. The van der Waals surface area contributed by atoms with Gasteiger partial charge in [0.25, 0.3) is 0 Å². The van der Waals surface area contributed by atoms with Crippen LogP contribution in [-0.2, 0) is 20.9 Å². The Hall–Kier alpha value is -3.08. The summed E-state index contributed by atoms with van der Waals surface area (Å²) in [5.74, 6) is -0.420. The van der Waals surface area contributed by atoms with Gasteiger partial charge in [0, 0.05) is 11.8 Å². The van der Waals surface area contributed by atoms with Crippen LogP contribution in [0.15, 0.2) is 60.7 Å². The van der Waals surface area contributed by atoms with Crippen LogP contribution in [0.25, 0.3) is 6.08 Å². The molecule has 0 unspecified atom stereocenters. The summed E-state index contributed by atoms with van der Waals surface area (Å²) >= 11 is 0. The van der Waals surface area contributed by atoms with Gasteiger partial charge in [-0.3, -0.25) is 5.32 Å². The van der Waals surface area contributed by atoms with Crippen LogP contribution in [0.3, 0.4) is 0 Å². The molecule has 118 valence electrons. The fourth-order valence-corrected chi connectivity index (χ4v) is 1.79. The van der Waals surface area contributed by atoms with Gasteiger partial charge in [-0.05, 0) is 29.3 Å². The smallest absolute Gasteiger partial charge is 0.411 e. The third-order valence-electron chi connectivity index (χ3n) is 2.98. The minimum atomic E-state index is -0.522. The molecule has 0 atom stereocenters. The minimum Gasteiger partial charge on any atom is -0.466 e. The van der Waals surface area contributed by atoms with Crippen LogP contribution < -0.4 is 5.32 Å². The van der Waals surface area contributed by atoms with Crippen molar-refractivity contribution in [2.75, 3.05) is 12.4 Å². The summed E-state index contributed by atoms with van der Waals surface area (Å²) in [6.07, 6.45) is 2.44. The highest BCUT2D eigenvalue weighted by atomic mass is 16.5. The van der Waals surface area contributed by atoms with E-state index < -0.39 is 12.1 Å². The molecule has 2 aromatic carbocycles. The minimum absolute atomic E-state index is 0.215. The average molecular weight is 311 g/mol. The first-order valence-electron chi connectivity index (χ1n) is 7.01. The third kappa shape index (κ3) is 5.67. The Kier molecular flexibility index (Phi) is 5.94. The lowest BCUT2D eigenvalue weighted by molar-refractivity contribution is -0.134. The largest absolute Gasteiger partial charge is 0.466 e. The molecule has 0 aliphatic rings. The van der Waals surface area contributed by atoms with Crippen molar-refractivity contribution in [2.24, 2.45) is 0 Å². The molecule has 5 nitrogen and oxygen atoms in total. The first kappa shape index (κ1) is 16.3. The monoisotopic (exact) mass is 311 g/mol. The average Bonchev–Trinajstić information content (AvgIpc) is 2.60. The van der Waals surface area contributed by atoms with Gasteiger partial charge >= 0.3 is 12.1 Å². The van der Waals surface area contributed by atoms with Crippen molar-refractivity contribution in [3.05, 3.63) is 71.8 Å². The Labute approximate surface area is 134 Å². The third-order valence-corrected chi connectivity index (χ3v) is 2.98. The first-order chi connectivity index (χ1) is 11.2. The number of carbonyl (C=O) groups excluding carboxylic acids is 2. The molecule has 1 amide bonds. The molecule has 5 heteroatoms. The van der Waals surface area contributed by atoms with Crippen LogP contribution in [0, 0.1) is 0 Å². The Morgan fingerprint density at radius 3 is 2.39 bits per heavy atom. The van der Waals surface area contributed by atoms with E-state index in [1.807, 2.05) is 30.3 Å². The van der Waals surface area contributed by atoms with E-state index in [1.165, 1.54) is 13.2 Å². The Bertz CT molecular complexity index is 678. The van der Waals surface area contributed by atoms with Crippen LogP contribution in [0.1, 0.15) is 11.1 Å². The van der Waals surface area contributed by atoms with Crippen LogP contribution in [0.5, 0.6) is 0 Å². The van der Waals surface area contributed by atoms with Crippen LogP contribution in [0.2, 0.25) is 0 Å². The van der Waals surface area contributed by atoms with E-state index in [2.05, 4.69) is 10.1 Å². The zero-order valence-corrected chi connectivity index (χ0v) is 12.7. The zero-order chi connectivity index (χ0) is 16.5. The van der Waals surface area contributed by atoms with Gasteiger partial charge in [-0.15, -0.1) is 0 Å². The number of nitrogens with one attached hydrogen (secondary N) is 1. The number of benzene rings is 2. The van der Waals surface area contributed by atoms with Crippen molar-refractivity contribution < 1.29 is 19.1 Å². The van der Waals surface area contributed by atoms with E-state index in [-0.39, 0.29) is 6.61 Å². The zero-order valence-electron chi connectivity index (χ0n) is 12.7. The molecule has 23 heavy (non-hydrogen) atoms. The van der Waals surface area contributed by atoms with Gasteiger partial charge in [0.2, 0.25) is 0 Å². The molecule has 0 saturated heterocycles. The maximum absolute atomic E-state index is 11.7. The Morgan fingerprint density at radius 2 is 1.74 bits per heavy atom. The van der Waals surface area contributed by atoms with Gasteiger partial charge in [0.1, 0.15) is 6.61 Å². The van der Waals surface area contributed by atoms with Gasteiger partial charge in [0.05, 0.1) is 7.11 Å². The fourth-order valence-electron chi connectivity index (χ4n) is 1.79. The van der Waals surface area contributed by atoms with Crippen molar-refractivity contribution in [3.8, 4) is 0 Å². The molecule has 0 fully saturated rings. The molecule has 0 radical (unpaired) electrons. The summed E-state index contributed by atoms with van der Waals surface area (Å²) in [7, 11) is 1.32. The molecule has 0 aromatic heterocycles. The highest BCUT2D eigenvalue weighted by molar-refractivity contribution is 5.87. The molecule has 2 aromatic rings. The van der Waals surface area contributed by atoms with Crippen molar-refractivity contribution in [3.63, 3.8) is 0 Å². The topological polar surface area (TPSA) is 64.6 Å². The fraction of sp³-hybridized carbons (Fsp3) is 0.111. The second kappa shape index (κ2) is 8.38. The SMILES string of the molecule is COC(=O)C=Cc1ccc(NC(=O)OCc2ccccc2)cc1. The standard InChI is InChI=1S/C18H17NO4/c1-22-17(20)12-9-14-7-10-16(11-8-14)19-18(21)23-13-15-5-3-2-4-6-15/h2-12H,13H2,1H3,(H,19,21). The number of methoxy groups -OCH3 is 1. The number of carbonyl (C=O) groups is 2. The molecule has 0 aliphatic heterocycles. The quantitative estimate of drug-likeness (QED) is 0.676. The molecular weight excluding hydrogens is 294 g/mol. The van der Waals surface area contributed by atoms with Gasteiger partial charge in [-0.2, -0.15) is 0 Å². The second-order valence-electron chi connectivity index (χ2n) is 4.67. The lowest BCUT2D eigenvalue weighted by Crippen LogP contribution is -2.13. The summed E-state index contributed by atoms with van der Waals surface area (Å²) in [6.45, 7) is 0.215. The second-order valence-corrected chi connectivity index (χ2v) is 4.67. The Morgan fingerprint density at radius 1 is 1.04 bits per heavy atom. The van der Waals surface area contributed by atoms with Crippen molar-refractivity contribution in [1.82, 2.24) is 0 Å².